The Balaban J connectivity index is 1.44. The van der Waals surface area contributed by atoms with Gasteiger partial charge in [0.25, 0.3) is 0 Å². The molecule has 2 aliphatic heterocycles. The number of aromatic nitrogens is 2. The van der Waals surface area contributed by atoms with Crippen molar-refractivity contribution in [2.75, 3.05) is 0 Å². The van der Waals surface area contributed by atoms with E-state index in [0.29, 0.717) is 11.5 Å². The molecule has 4 nitrogen and oxygen atoms in total. The summed E-state index contributed by atoms with van der Waals surface area (Å²) in [7, 11) is 0. The van der Waals surface area contributed by atoms with Gasteiger partial charge in [0.05, 0.1) is 22.7 Å². The zero-order chi connectivity index (χ0) is 32.4. The molecule has 230 valence electrons. The van der Waals surface area contributed by atoms with Gasteiger partial charge in [0.1, 0.15) is 23.0 Å². The smallest absolute Gasteiger partial charge is 0.149 e. The van der Waals surface area contributed by atoms with E-state index in [0.717, 1.165) is 83.3 Å². The van der Waals surface area contributed by atoms with Crippen LogP contribution in [0, 0.1) is 13.8 Å². The van der Waals surface area contributed by atoms with E-state index in [1.54, 1.807) is 0 Å². The largest absolute Gasteiger partial charge is 0.454 e. The highest BCUT2D eigenvalue weighted by Crippen LogP contribution is 2.63. The summed E-state index contributed by atoms with van der Waals surface area (Å²) >= 11 is 7.16. The summed E-state index contributed by atoms with van der Waals surface area (Å²) in [5.74, 6) is 2.99. The van der Waals surface area contributed by atoms with Crippen LogP contribution >= 0.6 is 6.04 Å². The second-order valence-electron chi connectivity index (χ2n) is 12.3. The van der Waals surface area contributed by atoms with Crippen molar-refractivity contribution in [1.82, 2.24) is 9.97 Å². The number of para-hydroxylation sites is 2. The van der Waals surface area contributed by atoms with Crippen LogP contribution < -0.4 is 25.4 Å². The molecule has 0 spiro atoms. The maximum absolute atomic E-state index is 7.17. The van der Waals surface area contributed by atoms with E-state index in [1.807, 2.05) is 36.7 Å². The molecule has 2 aromatic heterocycles. The van der Waals surface area contributed by atoms with E-state index in [4.69, 9.17) is 31.2 Å². The third-order valence-electron chi connectivity index (χ3n) is 9.15. The number of aryl methyl sites for hydroxylation is 2. The molecule has 6 heteroatoms. The standard InChI is InChI=1S/C42H29N2O2PS/c1-26-19-21-43-34(23-26)32-25-33(35-24-27(2)20-22-44-35)41-42-40(32)45-38-30(28-11-5-3-6-12-28)15-9-17-36(38)47(42,48)37-18-10-16-31(39(37)46-41)29-13-7-4-8-14-29/h3-25H,1-2H3. The van der Waals surface area contributed by atoms with Gasteiger partial charge in [0, 0.05) is 45.3 Å². The number of fused-ring (bicyclic) bond motifs is 4. The molecule has 0 aliphatic carbocycles. The maximum atomic E-state index is 7.17. The van der Waals surface area contributed by atoms with E-state index in [1.165, 1.54) is 0 Å². The molecule has 0 amide bonds. The summed E-state index contributed by atoms with van der Waals surface area (Å²) in [6.45, 7) is 4.16. The van der Waals surface area contributed by atoms with Gasteiger partial charge in [0.2, 0.25) is 0 Å². The second kappa shape index (κ2) is 11.1. The Kier molecular flexibility index (Phi) is 6.68. The minimum Gasteiger partial charge on any atom is -0.454 e. The lowest BCUT2D eigenvalue weighted by atomic mass is 9.99. The Bertz CT molecular complexity index is 2300. The monoisotopic (exact) mass is 656 g/mol. The lowest BCUT2D eigenvalue weighted by Crippen LogP contribution is -2.36. The van der Waals surface area contributed by atoms with Crippen LogP contribution in [0.25, 0.3) is 44.8 Å². The van der Waals surface area contributed by atoms with Crippen LogP contribution in [0.2, 0.25) is 0 Å². The molecule has 4 heterocycles. The van der Waals surface area contributed by atoms with Crippen molar-refractivity contribution in [2.45, 2.75) is 13.8 Å². The third-order valence-corrected chi connectivity index (χ3v) is 14.0. The normalized spacial score (nSPS) is 13.4. The van der Waals surface area contributed by atoms with Crippen molar-refractivity contribution < 1.29 is 9.47 Å². The molecule has 48 heavy (non-hydrogen) atoms. The fourth-order valence-electron chi connectivity index (χ4n) is 6.90. The van der Waals surface area contributed by atoms with E-state index in [2.05, 4.69) is 117 Å². The first kappa shape index (κ1) is 28.8. The predicted octanol–water partition coefficient (Wildman–Crippen LogP) is 9.73. The zero-order valence-corrected chi connectivity index (χ0v) is 28.1. The van der Waals surface area contributed by atoms with Gasteiger partial charge in [-0.25, -0.2) is 0 Å². The van der Waals surface area contributed by atoms with Crippen LogP contribution in [0.5, 0.6) is 23.0 Å². The summed E-state index contributed by atoms with van der Waals surface area (Å²) in [5.41, 5.74) is 9.72. The van der Waals surface area contributed by atoms with Gasteiger partial charge in [-0.15, -0.1) is 0 Å². The van der Waals surface area contributed by atoms with Crippen LogP contribution in [-0.2, 0) is 11.8 Å². The molecule has 0 saturated heterocycles. The molecule has 0 bridgehead atoms. The topological polar surface area (TPSA) is 44.2 Å². The Morgan fingerprint density at radius 1 is 0.479 bits per heavy atom. The Labute approximate surface area is 284 Å². The van der Waals surface area contributed by atoms with Gasteiger partial charge >= 0.3 is 0 Å². The van der Waals surface area contributed by atoms with Gasteiger partial charge in [0.15, 0.2) is 0 Å². The highest BCUT2D eigenvalue weighted by Gasteiger charge is 2.46. The van der Waals surface area contributed by atoms with Gasteiger partial charge in [-0.1, -0.05) is 96.7 Å². The third kappa shape index (κ3) is 4.39. The van der Waals surface area contributed by atoms with Gasteiger partial charge in [-0.3, -0.25) is 9.97 Å². The van der Waals surface area contributed by atoms with E-state index in [-0.39, 0.29) is 0 Å². The lowest BCUT2D eigenvalue weighted by Gasteiger charge is -2.40. The van der Waals surface area contributed by atoms with Crippen molar-refractivity contribution in [3.05, 3.63) is 151 Å². The fraction of sp³-hybridized carbons (Fsp3) is 0.0476. The number of nitrogens with zero attached hydrogens (tertiary/aromatic N) is 2. The number of hydrogen-bond acceptors (Lipinski definition) is 5. The first-order valence-electron chi connectivity index (χ1n) is 15.9. The van der Waals surface area contributed by atoms with Crippen molar-refractivity contribution in [2.24, 2.45) is 0 Å². The second-order valence-corrected chi connectivity index (χ2v) is 16.5. The first-order valence-corrected chi connectivity index (χ1v) is 18.7. The van der Waals surface area contributed by atoms with Gasteiger partial charge < -0.3 is 9.47 Å². The van der Waals surface area contributed by atoms with Crippen LogP contribution in [0.15, 0.2) is 140 Å². The van der Waals surface area contributed by atoms with Gasteiger partial charge in [-0.05, 0) is 78.6 Å². The molecule has 5 aromatic carbocycles. The van der Waals surface area contributed by atoms with E-state index >= 15 is 0 Å². The van der Waals surface area contributed by atoms with Crippen molar-refractivity contribution in [1.29, 1.82) is 0 Å². The SMILES string of the molecule is Cc1ccnc(-c2cc(-c3cc(C)ccn3)c3c4c2Oc2c(-c5ccccc5)cccc2P4(=S)c2cccc(-c4ccccc4)c2O3)c1. The summed E-state index contributed by atoms with van der Waals surface area (Å²) < 4.78 is 14.3. The quantitative estimate of drug-likeness (QED) is 0.177. The zero-order valence-electron chi connectivity index (χ0n) is 26.3. The van der Waals surface area contributed by atoms with Crippen molar-refractivity contribution in [3.8, 4) is 67.8 Å². The minimum absolute atomic E-state index is 0.703. The summed E-state index contributed by atoms with van der Waals surface area (Å²) in [6, 6.07) is 41.1. The van der Waals surface area contributed by atoms with Gasteiger partial charge in [-0.2, -0.15) is 0 Å². The summed E-state index contributed by atoms with van der Waals surface area (Å²) in [4.78, 5) is 9.73. The molecule has 0 N–H and O–H groups in total. The van der Waals surface area contributed by atoms with Crippen molar-refractivity contribution >= 4 is 33.8 Å². The Morgan fingerprint density at radius 2 is 0.938 bits per heavy atom. The highest BCUT2D eigenvalue weighted by molar-refractivity contribution is 8.26. The van der Waals surface area contributed by atoms with Crippen LogP contribution in [0.3, 0.4) is 0 Å². The first-order chi connectivity index (χ1) is 23.5. The van der Waals surface area contributed by atoms with Crippen LogP contribution in [0.4, 0.5) is 0 Å². The highest BCUT2D eigenvalue weighted by atomic mass is 32.4. The molecule has 9 rings (SSSR count). The number of benzene rings is 5. The molecule has 2 aliphatic rings. The number of pyridine rings is 2. The molecule has 7 aromatic rings. The number of ether oxygens (including phenoxy) is 2. The minimum atomic E-state index is -2.80. The summed E-state index contributed by atoms with van der Waals surface area (Å²) in [6.07, 6.45) is 3.70. The molecule has 0 fully saturated rings. The number of hydrogen-bond donors (Lipinski definition) is 0. The lowest BCUT2D eigenvalue weighted by molar-refractivity contribution is 0.470. The van der Waals surface area contributed by atoms with Crippen molar-refractivity contribution in [3.63, 3.8) is 0 Å². The van der Waals surface area contributed by atoms with E-state index < -0.39 is 6.04 Å². The predicted molar refractivity (Wildman–Crippen MR) is 199 cm³/mol. The van der Waals surface area contributed by atoms with Crippen LogP contribution in [-0.4, -0.2) is 9.97 Å². The molecule has 0 unspecified atom stereocenters. The molecule has 0 radical (unpaired) electrons. The fourth-order valence-corrected chi connectivity index (χ4v) is 11.4. The summed E-state index contributed by atoms with van der Waals surface area (Å²) in [5, 5.41) is 2.94. The van der Waals surface area contributed by atoms with E-state index in [9.17, 15) is 0 Å². The molecular weight excluding hydrogens is 628 g/mol. The molecule has 0 saturated carbocycles. The molecule has 0 atom stereocenters. The van der Waals surface area contributed by atoms with Crippen LogP contribution in [0.1, 0.15) is 11.1 Å². The number of rotatable bonds is 4. The average molecular weight is 657 g/mol. The Morgan fingerprint density at radius 3 is 1.38 bits per heavy atom. The Hall–Kier alpha value is -5.35. The molecular formula is C42H29N2O2PS. The maximum Gasteiger partial charge on any atom is 0.149 e. The average Bonchev–Trinajstić information content (AvgIpc) is 3.12.